The third-order valence-corrected chi connectivity index (χ3v) is 4.59. The van der Waals surface area contributed by atoms with Crippen LogP contribution in [0.15, 0.2) is 65.7 Å². The van der Waals surface area contributed by atoms with Crippen LogP contribution < -0.4 is 5.32 Å². The van der Waals surface area contributed by atoms with E-state index in [2.05, 4.69) is 73.6 Å². The van der Waals surface area contributed by atoms with Gasteiger partial charge in [-0.2, -0.15) is 0 Å². The van der Waals surface area contributed by atoms with E-state index in [-0.39, 0.29) is 0 Å². The fourth-order valence-corrected chi connectivity index (χ4v) is 2.70. The zero-order chi connectivity index (χ0) is 15.8. The Labute approximate surface area is 138 Å². The Kier molecular flexibility index (Phi) is 6.60. The van der Waals surface area contributed by atoms with E-state index in [4.69, 9.17) is 0 Å². The van der Waals surface area contributed by atoms with E-state index in [0.717, 1.165) is 31.5 Å². The SMILES string of the molecule is C=C(CCc1ccc(SC)cc1)NCc1ccc(CC)cc1. The van der Waals surface area contributed by atoms with Crippen molar-refractivity contribution < 1.29 is 0 Å². The van der Waals surface area contributed by atoms with Crippen molar-refractivity contribution in [1.82, 2.24) is 5.32 Å². The number of nitrogens with one attached hydrogen (secondary N) is 1. The second-order valence-corrected chi connectivity index (χ2v) is 6.35. The number of benzene rings is 2. The summed E-state index contributed by atoms with van der Waals surface area (Å²) < 4.78 is 0. The molecule has 2 rings (SSSR count). The Balaban J connectivity index is 1.74. The Morgan fingerprint density at radius 3 is 2.14 bits per heavy atom. The maximum absolute atomic E-state index is 4.14. The van der Waals surface area contributed by atoms with E-state index in [1.165, 1.54) is 21.6 Å². The molecule has 0 saturated heterocycles. The van der Waals surface area contributed by atoms with Gasteiger partial charge in [-0.1, -0.05) is 49.9 Å². The molecule has 0 aliphatic rings. The topological polar surface area (TPSA) is 12.0 Å². The maximum atomic E-state index is 4.14. The first kappa shape index (κ1) is 16.7. The second kappa shape index (κ2) is 8.70. The molecule has 0 unspecified atom stereocenters. The van der Waals surface area contributed by atoms with Gasteiger partial charge in [0.1, 0.15) is 0 Å². The highest BCUT2D eigenvalue weighted by atomic mass is 32.2. The Morgan fingerprint density at radius 2 is 1.55 bits per heavy atom. The van der Waals surface area contributed by atoms with Crippen molar-refractivity contribution in [3.63, 3.8) is 0 Å². The van der Waals surface area contributed by atoms with Gasteiger partial charge < -0.3 is 5.32 Å². The Morgan fingerprint density at radius 1 is 0.955 bits per heavy atom. The summed E-state index contributed by atoms with van der Waals surface area (Å²) in [6, 6.07) is 17.6. The van der Waals surface area contributed by atoms with Gasteiger partial charge in [0.15, 0.2) is 0 Å². The lowest BCUT2D eigenvalue weighted by Gasteiger charge is -2.10. The van der Waals surface area contributed by atoms with Crippen LogP contribution in [0.5, 0.6) is 0 Å². The molecule has 0 aromatic heterocycles. The molecule has 0 radical (unpaired) electrons. The van der Waals surface area contributed by atoms with E-state index in [1.54, 1.807) is 11.8 Å². The van der Waals surface area contributed by atoms with Crippen LogP contribution in [0.2, 0.25) is 0 Å². The lowest BCUT2D eigenvalue weighted by atomic mass is 10.1. The van der Waals surface area contributed by atoms with Crippen LogP contribution in [-0.2, 0) is 19.4 Å². The minimum atomic E-state index is 0.855. The van der Waals surface area contributed by atoms with Crippen molar-refractivity contribution in [2.75, 3.05) is 6.26 Å². The van der Waals surface area contributed by atoms with Crippen LogP contribution in [0.1, 0.15) is 30.0 Å². The lowest BCUT2D eigenvalue weighted by Crippen LogP contribution is -2.12. The molecule has 0 aliphatic carbocycles. The molecule has 2 aromatic rings. The molecular formula is C20H25NS. The van der Waals surface area contributed by atoms with Crippen LogP contribution >= 0.6 is 11.8 Å². The zero-order valence-corrected chi connectivity index (χ0v) is 14.4. The van der Waals surface area contributed by atoms with Crippen LogP contribution in [0.25, 0.3) is 0 Å². The van der Waals surface area contributed by atoms with E-state index in [1.807, 2.05) is 0 Å². The standard InChI is InChI=1S/C20H25NS/c1-4-17-7-9-19(10-8-17)15-21-16(2)5-6-18-11-13-20(22-3)14-12-18/h7-14,21H,2,4-6,15H2,1,3H3. The third-order valence-electron chi connectivity index (χ3n) is 3.85. The van der Waals surface area contributed by atoms with Crippen LogP contribution in [0, 0.1) is 0 Å². The molecule has 22 heavy (non-hydrogen) atoms. The number of hydrogen-bond donors (Lipinski definition) is 1. The minimum absolute atomic E-state index is 0.855. The predicted octanol–water partition coefficient (Wildman–Crippen LogP) is 5.21. The molecule has 0 spiro atoms. The molecule has 0 bridgehead atoms. The summed E-state index contributed by atoms with van der Waals surface area (Å²) in [5.41, 5.74) is 5.17. The second-order valence-electron chi connectivity index (χ2n) is 5.48. The molecule has 1 N–H and O–H groups in total. The molecule has 116 valence electrons. The Bertz CT molecular complexity index is 531. The summed E-state index contributed by atoms with van der Waals surface area (Å²) in [4.78, 5) is 1.32. The van der Waals surface area contributed by atoms with E-state index >= 15 is 0 Å². The summed E-state index contributed by atoms with van der Waals surface area (Å²) in [5.74, 6) is 0. The molecule has 0 fully saturated rings. The summed E-state index contributed by atoms with van der Waals surface area (Å²) >= 11 is 1.78. The van der Waals surface area contributed by atoms with Gasteiger partial charge in [-0.3, -0.25) is 0 Å². The average molecular weight is 311 g/mol. The highest BCUT2D eigenvalue weighted by Gasteiger charge is 1.99. The highest BCUT2D eigenvalue weighted by molar-refractivity contribution is 7.98. The summed E-state index contributed by atoms with van der Waals surface area (Å²) in [6.07, 6.45) is 5.21. The van der Waals surface area contributed by atoms with Crippen molar-refractivity contribution in [3.05, 3.63) is 77.5 Å². The van der Waals surface area contributed by atoms with Gasteiger partial charge in [-0.05, 0) is 54.3 Å². The molecule has 0 heterocycles. The summed E-state index contributed by atoms with van der Waals surface area (Å²) in [7, 11) is 0. The first-order valence-electron chi connectivity index (χ1n) is 7.83. The van der Waals surface area contributed by atoms with Crippen LogP contribution in [0.3, 0.4) is 0 Å². The first-order valence-corrected chi connectivity index (χ1v) is 9.06. The normalized spacial score (nSPS) is 10.5. The van der Waals surface area contributed by atoms with Crippen molar-refractivity contribution >= 4 is 11.8 Å². The molecular weight excluding hydrogens is 286 g/mol. The van der Waals surface area contributed by atoms with Gasteiger partial charge in [0.2, 0.25) is 0 Å². The predicted molar refractivity (Wildman–Crippen MR) is 98.3 cm³/mol. The van der Waals surface area contributed by atoms with Crippen molar-refractivity contribution in [1.29, 1.82) is 0 Å². The molecule has 0 aliphatic heterocycles. The van der Waals surface area contributed by atoms with Gasteiger partial charge in [0.25, 0.3) is 0 Å². The molecule has 0 atom stereocenters. The van der Waals surface area contributed by atoms with E-state index in [9.17, 15) is 0 Å². The summed E-state index contributed by atoms with van der Waals surface area (Å²) in [5, 5.41) is 3.43. The van der Waals surface area contributed by atoms with Crippen LogP contribution in [0.4, 0.5) is 0 Å². The average Bonchev–Trinajstić information content (AvgIpc) is 2.59. The molecule has 2 aromatic carbocycles. The first-order chi connectivity index (χ1) is 10.7. The quantitative estimate of drug-likeness (QED) is 0.672. The minimum Gasteiger partial charge on any atom is -0.385 e. The number of hydrogen-bond acceptors (Lipinski definition) is 2. The number of rotatable bonds is 8. The third kappa shape index (κ3) is 5.27. The molecule has 1 nitrogen and oxygen atoms in total. The van der Waals surface area contributed by atoms with E-state index in [0.29, 0.717) is 0 Å². The largest absolute Gasteiger partial charge is 0.385 e. The monoisotopic (exact) mass is 311 g/mol. The smallest absolute Gasteiger partial charge is 0.0397 e. The van der Waals surface area contributed by atoms with Crippen LogP contribution in [-0.4, -0.2) is 6.26 Å². The number of thioether (sulfide) groups is 1. The lowest BCUT2D eigenvalue weighted by molar-refractivity contribution is 0.749. The molecule has 2 heteroatoms. The fraction of sp³-hybridized carbons (Fsp3) is 0.300. The van der Waals surface area contributed by atoms with E-state index < -0.39 is 0 Å². The molecule has 0 amide bonds. The van der Waals surface area contributed by atoms with Crippen molar-refractivity contribution in [2.45, 2.75) is 37.6 Å². The van der Waals surface area contributed by atoms with Gasteiger partial charge in [-0.15, -0.1) is 11.8 Å². The summed E-state index contributed by atoms with van der Waals surface area (Å²) in [6.45, 7) is 7.17. The van der Waals surface area contributed by atoms with Gasteiger partial charge in [0, 0.05) is 17.1 Å². The maximum Gasteiger partial charge on any atom is 0.0397 e. The van der Waals surface area contributed by atoms with Crippen molar-refractivity contribution in [2.24, 2.45) is 0 Å². The Hall–Kier alpha value is -1.67. The zero-order valence-electron chi connectivity index (χ0n) is 13.6. The molecule has 0 saturated carbocycles. The van der Waals surface area contributed by atoms with Gasteiger partial charge in [-0.25, -0.2) is 0 Å². The van der Waals surface area contributed by atoms with Gasteiger partial charge >= 0.3 is 0 Å². The fourth-order valence-electron chi connectivity index (χ4n) is 2.30. The number of aryl methyl sites for hydroxylation is 2. The van der Waals surface area contributed by atoms with Crippen molar-refractivity contribution in [3.8, 4) is 0 Å². The highest BCUT2D eigenvalue weighted by Crippen LogP contribution is 2.16. The van der Waals surface area contributed by atoms with Gasteiger partial charge in [0.05, 0.1) is 0 Å². The number of allylic oxidation sites excluding steroid dienone is 1.